The fourth-order valence-corrected chi connectivity index (χ4v) is 11.5. The number of alkyl carbamates (subject to hydrolysis) is 1. The largest absolute Gasteiger partial charge is 0.493 e. The van der Waals surface area contributed by atoms with Gasteiger partial charge in [-0.2, -0.15) is 0 Å². The molecule has 2 aliphatic heterocycles. The van der Waals surface area contributed by atoms with E-state index in [0.29, 0.717) is 97.9 Å². The predicted molar refractivity (Wildman–Crippen MR) is 320 cm³/mol. The number of likely N-dealkylation sites (tertiary alicyclic amines) is 1. The summed E-state index contributed by atoms with van der Waals surface area (Å²) in [7, 11) is 0.0384. The van der Waals surface area contributed by atoms with E-state index in [0.717, 1.165) is 53.4 Å². The van der Waals surface area contributed by atoms with E-state index in [1.165, 1.54) is 13.0 Å². The molecule has 0 spiro atoms. The molecule has 19 heteroatoms. The maximum Gasteiger partial charge on any atom is 0.408 e. The first-order chi connectivity index (χ1) is 39.1. The number of unbranched alkanes of at least 4 members (excludes halogenated alkanes) is 3. The van der Waals surface area contributed by atoms with Crippen molar-refractivity contribution < 1.29 is 61.3 Å². The number of hydrogen-bond donors (Lipinski definition) is 2. The molecule has 0 unspecified atom stereocenters. The molecule has 82 heavy (non-hydrogen) atoms. The van der Waals surface area contributed by atoms with Crippen molar-refractivity contribution in [2.75, 3.05) is 57.3 Å². The Morgan fingerprint density at radius 2 is 1.55 bits per heavy atom. The number of aryl methyl sites for hydroxylation is 1. The second kappa shape index (κ2) is 31.0. The second-order valence-electron chi connectivity index (χ2n) is 22.9. The molecular weight excluding hydrogens is 1090 g/mol. The first-order valence-corrected chi connectivity index (χ1v) is 30.1. The van der Waals surface area contributed by atoms with Crippen LogP contribution in [0.1, 0.15) is 150 Å². The molecule has 0 aliphatic carbocycles. The van der Waals surface area contributed by atoms with Crippen LogP contribution < -0.4 is 24.8 Å². The molecule has 446 valence electrons. The molecule has 17 nitrogen and oxygen atoms in total. The zero-order chi connectivity index (χ0) is 59.6. The quantitative estimate of drug-likeness (QED) is 0.0125. The molecule has 1 fully saturated rings. The van der Waals surface area contributed by atoms with Gasteiger partial charge >= 0.3 is 26.6 Å². The molecular formula is C63H84ClN4O13P. The van der Waals surface area contributed by atoms with Gasteiger partial charge < -0.3 is 43.9 Å². The molecule has 0 radical (unpaired) electrons. The van der Waals surface area contributed by atoms with Crippen LogP contribution in [-0.2, 0) is 61.9 Å². The van der Waals surface area contributed by atoms with Crippen LogP contribution in [0.3, 0.4) is 0 Å². The highest BCUT2D eigenvalue weighted by atomic mass is 35.5. The van der Waals surface area contributed by atoms with Gasteiger partial charge in [-0.15, -0.1) is 11.6 Å². The number of fused-ring (bicyclic) bond motifs is 3. The number of Topliss-reactive ketones (excluding diaryl/α,β-unsaturated/α-hetero) is 1. The summed E-state index contributed by atoms with van der Waals surface area (Å²) in [5.74, 6) is -0.100. The molecule has 2 N–H and O–H groups in total. The van der Waals surface area contributed by atoms with Crippen molar-refractivity contribution in [3.8, 4) is 11.5 Å². The topological polar surface area (TPSA) is 198 Å². The van der Waals surface area contributed by atoms with Crippen molar-refractivity contribution in [3.05, 3.63) is 113 Å². The maximum atomic E-state index is 14.3. The molecule has 2 aliphatic rings. The highest BCUT2D eigenvalue weighted by molar-refractivity contribution is 7.42. The van der Waals surface area contributed by atoms with Crippen LogP contribution in [0.4, 0.5) is 10.5 Å². The van der Waals surface area contributed by atoms with Crippen molar-refractivity contribution in [1.82, 2.24) is 15.5 Å². The molecule has 0 aromatic heterocycles. The van der Waals surface area contributed by atoms with E-state index >= 15 is 0 Å². The number of alkyl halides is 1. The van der Waals surface area contributed by atoms with Crippen molar-refractivity contribution in [1.29, 1.82) is 0 Å². The van der Waals surface area contributed by atoms with E-state index < -0.39 is 43.9 Å². The van der Waals surface area contributed by atoms with Crippen molar-refractivity contribution in [2.45, 2.75) is 162 Å². The summed E-state index contributed by atoms with van der Waals surface area (Å²) in [5.41, 5.74) is 3.59. The monoisotopic (exact) mass is 1170 g/mol. The number of carbonyl (C=O) groups excluding carboxylic acids is 6. The Morgan fingerprint density at radius 3 is 2.22 bits per heavy atom. The Kier molecular flexibility index (Phi) is 24.6. The number of halogens is 1. The number of ketones is 1. The lowest BCUT2D eigenvalue weighted by Crippen LogP contribution is -2.42. The minimum atomic E-state index is -1.82. The van der Waals surface area contributed by atoms with Gasteiger partial charge in [-0.05, 0) is 159 Å². The Bertz CT molecular complexity index is 2840. The zero-order valence-corrected chi connectivity index (χ0v) is 51.0. The average Bonchev–Trinajstić information content (AvgIpc) is 4.27. The number of esters is 2. The van der Waals surface area contributed by atoms with Crippen LogP contribution in [0, 0.1) is 6.92 Å². The van der Waals surface area contributed by atoms with E-state index in [-0.39, 0.29) is 62.2 Å². The van der Waals surface area contributed by atoms with Crippen LogP contribution in [0.5, 0.6) is 11.5 Å². The van der Waals surface area contributed by atoms with Gasteiger partial charge in [0.2, 0.25) is 5.91 Å². The predicted octanol–water partition coefficient (Wildman–Crippen LogP) is 11.9. The van der Waals surface area contributed by atoms with E-state index in [2.05, 4.69) is 17.2 Å². The zero-order valence-electron chi connectivity index (χ0n) is 49.3. The average molecular weight is 1170 g/mol. The summed E-state index contributed by atoms with van der Waals surface area (Å²) in [5, 5.41) is 7.64. The number of rotatable bonds is 30. The summed E-state index contributed by atoms with van der Waals surface area (Å²) >= 11 is 6.61. The minimum absolute atomic E-state index is 0.0190. The number of carbonyl (C=O) groups is 6. The van der Waals surface area contributed by atoms with E-state index in [4.69, 9.17) is 44.1 Å². The third-order valence-corrected chi connectivity index (χ3v) is 16.0. The van der Waals surface area contributed by atoms with Crippen molar-refractivity contribution >= 4 is 72.3 Å². The molecule has 3 atom stereocenters. The summed E-state index contributed by atoms with van der Waals surface area (Å²) in [6.45, 7) is 20.6. The molecule has 0 bridgehead atoms. The highest BCUT2D eigenvalue weighted by Gasteiger charge is 2.37. The number of ether oxygens (including phenoxy) is 4. The minimum Gasteiger partial charge on any atom is -0.493 e. The van der Waals surface area contributed by atoms with E-state index in [1.807, 2.05) is 90.7 Å². The van der Waals surface area contributed by atoms with E-state index in [1.54, 1.807) is 41.3 Å². The lowest BCUT2D eigenvalue weighted by Gasteiger charge is -2.30. The highest BCUT2D eigenvalue weighted by Crippen LogP contribution is 2.52. The number of anilines is 1. The summed E-state index contributed by atoms with van der Waals surface area (Å²) in [4.78, 5) is 83.2. The van der Waals surface area contributed by atoms with Crippen LogP contribution in [-0.4, -0.2) is 116 Å². The Morgan fingerprint density at radius 1 is 0.841 bits per heavy atom. The molecule has 0 saturated carbocycles. The number of amides is 3. The Balaban J connectivity index is 1.09. The third-order valence-electron chi connectivity index (χ3n) is 13.8. The standard InChI is InChI=1S/C63H84ClN4O13P/c1-11-31-76-61(74)66-52(23-16-17-29-65-10)54(70)34-44-25-27-45(28-26-44)40-78-58(72)36-46-35-55(42(2)33-51(46)60(73)67-30-19-20-48(67)41-77-43(3)69)75-32-18-12-13-24-57(71)68-39-47(38-64)59-50-22-15-14-21-49(50)56(37-53(59)68)79-82(80-62(4,5)6)81-63(7,8)9/h11,14-15,21-22,25-28,33,35,37,47-48,52,65H,1,12-13,16-20,23-24,29-32,34,36,38-41H2,2-10H3,(H,66,74)/t47-,48+,52+/m1/s1. The van der Waals surface area contributed by atoms with Crippen LogP contribution >= 0.6 is 20.2 Å². The molecule has 6 rings (SSSR count). The van der Waals surface area contributed by atoms with E-state index in [9.17, 15) is 28.8 Å². The first-order valence-electron chi connectivity index (χ1n) is 28.5. The van der Waals surface area contributed by atoms with Gasteiger partial charge in [-0.3, -0.25) is 33.0 Å². The van der Waals surface area contributed by atoms with Gasteiger partial charge in [0, 0.05) is 61.7 Å². The molecule has 4 aromatic carbocycles. The van der Waals surface area contributed by atoms with Gasteiger partial charge in [0.15, 0.2) is 5.78 Å². The lowest BCUT2D eigenvalue weighted by atomic mass is 9.95. The SMILES string of the molecule is C=CCOC(=O)N[C@@H](CCCCNC)C(=O)Cc1ccc(COC(=O)Cc2cc(OCCCCCC(=O)N3C[C@@H](CCl)c4c3cc(OP(OC(C)(C)C)OC(C)(C)C)c3ccccc43)c(C)cc2C(=O)N2CCC[C@H]2COC(C)=O)cc1. The molecule has 4 aromatic rings. The second-order valence-corrected chi connectivity index (χ2v) is 24.2. The Hall–Kier alpha value is -6.10. The summed E-state index contributed by atoms with van der Waals surface area (Å²) < 4.78 is 41.7. The van der Waals surface area contributed by atoms with Gasteiger partial charge in [0.1, 0.15) is 31.3 Å². The number of nitrogens with zero attached hydrogens (tertiary/aromatic N) is 2. The summed E-state index contributed by atoms with van der Waals surface area (Å²) in [6.07, 6.45) is 6.32. The molecule has 1 saturated heterocycles. The normalized spacial score (nSPS) is 15.5. The fraction of sp³-hybridized carbons (Fsp3) is 0.524. The van der Waals surface area contributed by atoms with Crippen LogP contribution in [0.15, 0.2) is 79.4 Å². The summed E-state index contributed by atoms with van der Waals surface area (Å²) in [6, 6.07) is 19.5. The number of nitrogens with one attached hydrogen (secondary N) is 2. The van der Waals surface area contributed by atoms with Gasteiger partial charge in [0.25, 0.3) is 5.91 Å². The third kappa shape index (κ3) is 19.5. The van der Waals surface area contributed by atoms with Gasteiger partial charge in [-0.25, -0.2) is 4.79 Å². The molecule has 3 amide bonds. The maximum absolute atomic E-state index is 14.3. The fourth-order valence-electron chi connectivity index (χ4n) is 9.91. The lowest BCUT2D eigenvalue weighted by molar-refractivity contribution is -0.144. The first kappa shape index (κ1) is 65.1. The Labute approximate surface area is 490 Å². The van der Waals surface area contributed by atoms with Crippen LogP contribution in [0.25, 0.3) is 10.8 Å². The smallest absolute Gasteiger partial charge is 0.408 e. The molecule has 2 heterocycles. The number of benzene rings is 4. The van der Waals surface area contributed by atoms with Crippen LogP contribution in [0.2, 0.25) is 0 Å². The van der Waals surface area contributed by atoms with Gasteiger partial charge in [-0.1, -0.05) is 61.2 Å². The van der Waals surface area contributed by atoms with Crippen molar-refractivity contribution in [3.63, 3.8) is 0 Å². The van der Waals surface area contributed by atoms with Gasteiger partial charge in [0.05, 0.1) is 42.0 Å². The number of hydrogen-bond acceptors (Lipinski definition) is 14. The van der Waals surface area contributed by atoms with Crippen molar-refractivity contribution in [2.24, 2.45) is 0 Å².